The summed E-state index contributed by atoms with van der Waals surface area (Å²) in [5, 5.41) is 8.65. The molecular weight excluding hydrogens is 176 g/mol. The number of ether oxygens (including phenoxy) is 1. The van der Waals surface area contributed by atoms with Crippen molar-refractivity contribution in [3.8, 4) is 11.8 Å². The molecule has 2 N–H and O–H groups in total. The van der Waals surface area contributed by atoms with Gasteiger partial charge in [0.1, 0.15) is 5.75 Å². The van der Waals surface area contributed by atoms with Crippen LogP contribution in [0.3, 0.4) is 0 Å². The van der Waals surface area contributed by atoms with Gasteiger partial charge in [0, 0.05) is 0 Å². The van der Waals surface area contributed by atoms with E-state index in [0.29, 0.717) is 23.1 Å². The second kappa shape index (κ2) is 3.59. The Bertz CT molecular complexity index is 377. The highest BCUT2D eigenvalue weighted by Gasteiger charge is 2.19. The molecule has 72 valence electrons. The minimum Gasteiger partial charge on any atom is -0.488 e. The lowest BCUT2D eigenvalue weighted by molar-refractivity contribution is 0.121. The van der Waals surface area contributed by atoms with E-state index < -0.39 is 0 Å². The normalized spacial score (nSPS) is 15.6. The van der Waals surface area contributed by atoms with Crippen LogP contribution < -0.4 is 10.5 Å². The molecule has 1 fully saturated rings. The molecular formula is C11H12N2O. The molecule has 0 bridgehead atoms. The van der Waals surface area contributed by atoms with E-state index >= 15 is 0 Å². The smallest absolute Gasteiger partial charge is 0.142 e. The SMILES string of the molecule is N#Cc1ccc(OC2CCC2)c(N)c1. The van der Waals surface area contributed by atoms with Crippen molar-refractivity contribution in [1.82, 2.24) is 0 Å². The summed E-state index contributed by atoms with van der Waals surface area (Å²) in [5.41, 5.74) is 6.87. The van der Waals surface area contributed by atoms with Crippen LogP contribution in [-0.2, 0) is 0 Å². The predicted molar refractivity (Wildman–Crippen MR) is 53.8 cm³/mol. The van der Waals surface area contributed by atoms with E-state index in [1.165, 1.54) is 6.42 Å². The molecule has 1 aromatic rings. The summed E-state index contributed by atoms with van der Waals surface area (Å²) in [7, 11) is 0. The van der Waals surface area contributed by atoms with Crippen molar-refractivity contribution >= 4 is 5.69 Å². The molecule has 0 radical (unpaired) electrons. The fourth-order valence-electron chi connectivity index (χ4n) is 1.39. The quantitative estimate of drug-likeness (QED) is 0.723. The second-order valence-electron chi connectivity index (χ2n) is 3.54. The number of benzene rings is 1. The number of rotatable bonds is 2. The summed E-state index contributed by atoms with van der Waals surface area (Å²) in [6.45, 7) is 0. The molecule has 1 aliphatic rings. The maximum absolute atomic E-state index is 8.65. The fourth-order valence-corrected chi connectivity index (χ4v) is 1.39. The lowest BCUT2D eigenvalue weighted by atomic mass is 9.96. The summed E-state index contributed by atoms with van der Waals surface area (Å²) >= 11 is 0. The van der Waals surface area contributed by atoms with Crippen LogP contribution in [0.1, 0.15) is 24.8 Å². The van der Waals surface area contributed by atoms with Gasteiger partial charge in [-0.15, -0.1) is 0 Å². The highest BCUT2D eigenvalue weighted by molar-refractivity contribution is 5.56. The van der Waals surface area contributed by atoms with E-state index in [4.69, 9.17) is 15.7 Å². The van der Waals surface area contributed by atoms with E-state index in [9.17, 15) is 0 Å². The molecule has 0 aromatic heterocycles. The first kappa shape index (κ1) is 8.89. The van der Waals surface area contributed by atoms with Gasteiger partial charge in [-0.1, -0.05) is 0 Å². The predicted octanol–water partition coefficient (Wildman–Crippen LogP) is 2.07. The van der Waals surface area contributed by atoms with Gasteiger partial charge < -0.3 is 10.5 Å². The van der Waals surface area contributed by atoms with Crippen molar-refractivity contribution < 1.29 is 4.74 Å². The zero-order valence-electron chi connectivity index (χ0n) is 7.86. The molecule has 0 aliphatic heterocycles. The van der Waals surface area contributed by atoms with Gasteiger partial charge in [-0.2, -0.15) is 5.26 Å². The van der Waals surface area contributed by atoms with Crippen LogP contribution in [0.2, 0.25) is 0 Å². The minimum atomic E-state index is 0.324. The maximum atomic E-state index is 8.65. The van der Waals surface area contributed by atoms with Crippen LogP contribution in [-0.4, -0.2) is 6.10 Å². The Morgan fingerprint density at radius 2 is 2.21 bits per heavy atom. The van der Waals surface area contributed by atoms with Crippen molar-refractivity contribution in [3.63, 3.8) is 0 Å². The molecule has 1 aliphatic carbocycles. The Morgan fingerprint density at radius 3 is 2.71 bits per heavy atom. The van der Waals surface area contributed by atoms with Crippen LogP contribution >= 0.6 is 0 Å². The molecule has 0 amide bonds. The number of nitrogen functional groups attached to an aromatic ring is 1. The Hall–Kier alpha value is -1.69. The van der Waals surface area contributed by atoms with Crippen LogP contribution in [0.15, 0.2) is 18.2 Å². The summed E-state index contributed by atoms with van der Waals surface area (Å²) in [4.78, 5) is 0. The number of nitriles is 1. The van der Waals surface area contributed by atoms with E-state index in [-0.39, 0.29) is 0 Å². The summed E-state index contributed by atoms with van der Waals surface area (Å²) in [5.74, 6) is 0.703. The van der Waals surface area contributed by atoms with Gasteiger partial charge in [0.15, 0.2) is 0 Å². The number of hydrogen-bond donors (Lipinski definition) is 1. The zero-order valence-corrected chi connectivity index (χ0v) is 7.86. The highest BCUT2D eigenvalue weighted by Crippen LogP contribution is 2.29. The molecule has 0 atom stereocenters. The summed E-state index contributed by atoms with van der Waals surface area (Å²) < 4.78 is 5.65. The van der Waals surface area contributed by atoms with Crippen molar-refractivity contribution in [2.24, 2.45) is 0 Å². The van der Waals surface area contributed by atoms with E-state index in [1.54, 1.807) is 18.2 Å². The van der Waals surface area contributed by atoms with Crippen LogP contribution in [0.4, 0.5) is 5.69 Å². The fraction of sp³-hybridized carbons (Fsp3) is 0.364. The minimum absolute atomic E-state index is 0.324. The third-order valence-corrected chi connectivity index (χ3v) is 2.48. The molecule has 3 nitrogen and oxygen atoms in total. The molecule has 2 rings (SSSR count). The molecule has 0 heterocycles. The molecule has 0 spiro atoms. The third-order valence-electron chi connectivity index (χ3n) is 2.48. The Labute approximate surface area is 83.1 Å². The Morgan fingerprint density at radius 1 is 1.43 bits per heavy atom. The summed E-state index contributed by atoms with van der Waals surface area (Å²) in [6, 6.07) is 7.18. The molecule has 3 heteroatoms. The number of hydrogen-bond acceptors (Lipinski definition) is 3. The largest absolute Gasteiger partial charge is 0.488 e. The first-order valence-electron chi connectivity index (χ1n) is 4.76. The van der Waals surface area contributed by atoms with Gasteiger partial charge in [0.05, 0.1) is 23.4 Å². The van der Waals surface area contributed by atoms with Crippen molar-refractivity contribution in [2.45, 2.75) is 25.4 Å². The second-order valence-corrected chi connectivity index (χ2v) is 3.54. The molecule has 0 saturated heterocycles. The van der Waals surface area contributed by atoms with Gasteiger partial charge >= 0.3 is 0 Å². The zero-order chi connectivity index (χ0) is 9.97. The monoisotopic (exact) mass is 188 g/mol. The average Bonchev–Trinajstić information content (AvgIpc) is 2.13. The number of nitrogens with zero attached hydrogens (tertiary/aromatic N) is 1. The molecule has 1 saturated carbocycles. The molecule has 14 heavy (non-hydrogen) atoms. The van der Waals surface area contributed by atoms with E-state index in [0.717, 1.165) is 12.8 Å². The topological polar surface area (TPSA) is 59.0 Å². The van der Waals surface area contributed by atoms with Gasteiger partial charge in [0.2, 0.25) is 0 Å². The average molecular weight is 188 g/mol. The van der Waals surface area contributed by atoms with E-state index in [2.05, 4.69) is 0 Å². The van der Waals surface area contributed by atoms with Gasteiger partial charge in [-0.3, -0.25) is 0 Å². The first-order valence-corrected chi connectivity index (χ1v) is 4.76. The van der Waals surface area contributed by atoms with Crippen molar-refractivity contribution in [2.75, 3.05) is 5.73 Å². The first-order chi connectivity index (χ1) is 6.79. The number of nitrogens with two attached hydrogens (primary N) is 1. The van der Waals surface area contributed by atoms with Crippen LogP contribution in [0.25, 0.3) is 0 Å². The summed E-state index contributed by atoms with van der Waals surface area (Å²) in [6.07, 6.45) is 3.78. The van der Waals surface area contributed by atoms with E-state index in [1.807, 2.05) is 6.07 Å². The maximum Gasteiger partial charge on any atom is 0.142 e. The Kier molecular flexibility index (Phi) is 2.28. The molecule has 0 unspecified atom stereocenters. The number of anilines is 1. The van der Waals surface area contributed by atoms with Gasteiger partial charge in [-0.05, 0) is 37.5 Å². The third kappa shape index (κ3) is 1.64. The lowest BCUT2D eigenvalue weighted by Crippen LogP contribution is -2.24. The van der Waals surface area contributed by atoms with Gasteiger partial charge in [0.25, 0.3) is 0 Å². The lowest BCUT2D eigenvalue weighted by Gasteiger charge is -2.26. The van der Waals surface area contributed by atoms with Crippen molar-refractivity contribution in [3.05, 3.63) is 23.8 Å². The Balaban J connectivity index is 2.14. The molecule has 1 aromatic carbocycles. The van der Waals surface area contributed by atoms with Gasteiger partial charge in [-0.25, -0.2) is 0 Å². The van der Waals surface area contributed by atoms with Crippen LogP contribution in [0, 0.1) is 11.3 Å². The van der Waals surface area contributed by atoms with Crippen molar-refractivity contribution in [1.29, 1.82) is 5.26 Å². The van der Waals surface area contributed by atoms with Crippen LogP contribution in [0.5, 0.6) is 5.75 Å². The highest BCUT2D eigenvalue weighted by atomic mass is 16.5. The standard InChI is InChI=1S/C11H12N2O/c12-7-8-4-5-11(10(13)6-8)14-9-2-1-3-9/h4-6,9H,1-3,13H2.